The molecule has 1 aliphatic heterocycles. The monoisotopic (exact) mass is 352 g/mol. The van der Waals surface area contributed by atoms with Crippen LogP contribution in [0.15, 0.2) is 9.85 Å². The summed E-state index contributed by atoms with van der Waals surface area (Å²) in [6.07, 6.45) is 2.34. The minimum Gasteiger partial charge on any atom is -0.381 e. The summed E-state index contributed by atoms with van der Waals surface area (Å²) >= 11 is 9.26. The second kappa shape index (κ2) is 5.30. The lowest BCUT2D eigenvalue weighted by atomic mass is 9.95. The number of hydrogen-bond acceptors (Lipinski definition) is 2. The molecule has 4 heteroatoms. The molecule has 1 fully saturated rings. The fourth-order valence-electron chi connectivity index (χ4n) is 1.86. The van der Waals surface area contributed by atoms with Gasteiger partial charge in [-0.2, -0.15) is 0 Å². The Hall–Kier alpha value is 0.620. The van der Waals surface area contributed by atoms with Crippen LogP contribution in [-0.2, 0) is 4.74 Å². The number of halogens is 2. The van der Waals surface area contributed by atoms with Crippen molar-refractivity contribution >= 4 is 43.2 Å². The third-order valence-corrected chi connectivity index (χ3v) is 6.59. The highest BCUT2D eigenvalue weighted by Gasteiger charge is 2.24. The van der Waals surface area contributed by atoms with Crippen LogP contribution in [0.2, 0.25) is 0 Å². The first-order valence-corrected chi connectivity index (χ1v) is 7.68. The molecule has 1 unspecified atom stereocenters. The third kappa shape index (κ3) is 2.84. The standard InChI is InChI=1S/C11H14Br2OS/c1-7-6-9(15-11(7)13)10(12)8-2-4-14-5-3-8/h6,8,10H,2-5H2,1H3. The second-order valence-electron chi connectivity index (χ2n) is 3.96. The topological polar surface area (TPSA) is 9.23 Å². The first-order chi connectivity index (χ1) is 7.18. The van der Waals surface area contributed by atoms with Gasteiger partial charge < -0.3 is 4.74 Å². The van der Waals surface area contributed by atoms with Crippen LogP contribution in [0, 0.1) is 12.8 Å². The molecule has 1 atom stereocenters. The van der Waals surface area contributed by atoms with Crippen LogP contribution in [-0.4, -0.2) is 13.2 Å². The Bertz CT molecular complexity index is 312. The number of hydrogen-bond donors (Lipinski definition) is 0. The molecule has 15 heavy (non-hydrogen) atoms. The van der Waals surface area contributed by atoms with Gasteiger partial charge in [-0.05, 0) is 53.2 Å². The van der Waals surface area contributed by atoms with Gasteiger partial charge in [-0.25, -0.2) is 0 Å². The average Bonchev–Trinajstić information content (AvgIpc) is 2.59. The maximum atomic E-state index is 5.39. The van der Waals surface area contributed by atoms with Gasteiger partial charge in [0.25, 0.3) is 0 Å². The minimum absolute atomic E-state index is 0.497. The van der Waals surface area contributed by atoms with Crippen LogP contribution >= 0.6 is 43.2 Å². The maximum Gasteiger partial charge on any atom is 0.0730 e. The Balaban J connectivity index is 2.08. The predicted octanol–water partition coefficient (Wildman–Crippen LogP) is 4.68. The van der Waals surface area contributed by atoms with E-state index in [1.807, 2.05) is 11.3 Å². The van der Waals surface area contributed by atoms with Crippen molar-refractivity contribution in [2.24, 2.45) is 5.92 Å². The molecular weight excluding hydrogens is 340 g/mol. The first kappa shape index (κ1) is 12.1. The normalized spacial score (nSPS) is 20.5. The van der Waals surface area contributed by atoms with Gasteiger partial charge in [-0.3, -0.25) is 0 Å². The summed E-state index contributed by atoms with van der Waals surface area (Å²) in [6.45, 7) is 3.98. The molecule has 0 amide bonds. The zero-order valence-corrected chi connectivity index (χ0v) is 12.6. The fraction of sp³-hybridized carbons (Fsp3) is 0.636. The van der Waals surface area contributed by atoms with Crippen molar-refractivity contribution in [3.05, 3.63) is 20.3 Å². The fourth-order valence-corrected chi connectivity index (χ4v) is 4.44. The van der Waals surface area contributed by atoms with E-state index < -0.39 is 0 Å². The quantitative estimate of drug-likeness (QED) is 0.701. The summed E-state index contributed by atoms with van der Waals surface area (Å²) in [5.41, 5.74) is 1.34. The molecule has 1 saturated heterocycles. The van der Waals surface area contributed by atoms with Crippen LogP contribution in [0.5, 0.6) is 0 Å². The number of ether oxygens (including phenoxy) is 1. The van der Waals surface area contributed by atoms with E-state index in [0.717, 1.165) is 19.1 Å². The molecular formula is C11H14Br2OS. The highest BCUT2D eigenvalue weighted by atomic mass is 79.9. The number of alkyl halides is 1. The molecule has 0 bridgehead atoms. The molecule has 1 aliphatic rings. The maximum absolute atomic E-state index is 5.39. The first-order valence-electron chi connectivity index (χ1n) is 5.16. The molecule has 1 aromatic heterocycles. The minimum atomic E-state index is 0.497. The van der Waals surface area contributed by atoms with Gasteiger partial charge in [-0.15, -0.1) is 11.3 Å². The number of aryl methyl sites for hydroxylation is 1. The second-order valence-corrected chi connectivity index (χ2v) is 7.35. The van der Waals surface area contributed by atoms with E-state index in [9.17, 15) is 0 Å². The Labute approximate surface area is 111 Å². The Morgan fingerprint density at radius 1 is 1.47 bits per heavy atom. The van der Waals surface area contributed by atoms with Crippen molar-refractivity contribution < 1.29 is 4.74 Å². The zero-order chi connectivity index (χ0) is 10.8. The number of thiophene rings is 1. The molecule has 0 aliphatic carbocycles. The molecule has 0 radical (unpaired) electrons. The van der Waals surface area contributed by atoms with Gasteiger partial charge in [0.05, 0.1) is 8.61 Å². The highest BCUT2D eigenvalue weighted by molar-refractivity contribution is 9.11. The lowest BCUT2D eigenvalue weighted by Gasteiger charge is -2.25. The predicted molar refractivity (Wildman–Crippen MR) is 72.0 cm³/mol. The Morgan fingerprint density at radius 3 is 2.67 bits per heavy atom. The molecule has 2 rings (SSSR count). The van der Waals surface area contributed by atoms with E-state index in [-0.39, 0.29) is 0 Å². The van der Waals surface area contributed by atoms with Gasteiger partial charge in [0.1, 0.15) is 0 Å². The summed E-state index contributed by atoms with van der Waals surface area (Å²) in [4.78, 5) is 1.93. The van der Waals surface area contributed by atoms with Crippen LogP contribution < -0.4 is 0 Å². The van der Waals surface area contributed by atoms with Crippen molar-refractivity contribution in [2.45, 2.75) is 24.6 Å². The van der Waals surface area contributed by atoms with Crippen molar-refractivity contribution in [1.82, 2.24) is 0 Å². The van der Waals surface area contributed by atoms with Gasteiger partial charge in [-0.1, -0.05) is 15.9 Å². The average molecular weight is 354 g/mol. The molecule has 0 N–H and O–H groups in total. The molecule has 84 valence electrons. The van der Waals surface area contributed by atoms with Gasteiger partial charge in [0, 0.05) is 18.1 Å². The molecule has 0 spiro atoms. The third-order valence-electron chi connectivity index (χ3n) is 2.83. The molecule has 2 heterocycles. The summed E-state index contributed by atoms with van der Waals surface area (Å²) in [6, 6.07) is 2.28. The van der Waals surface area contributed by atoms with Crippen molar-refractivity contribution in [1.29, 1.82) is 0 Å². The van der Waals surface area contributed by atoms with E-state index in [2.05, 4.69) is 44.8 Å². The smallest absolute Gasteiger partial charge is 0.0730 e. The van der Waals surface area contributed by atoms with Crippen molar-refractivity contribution in [2.75, 3.05) is 13.2 Å². The number of rotatable bonds is 2. The van der Waals surface area contributed by atoms with Crippen LogP contribution in [0.25, 0.3) is 0 Å². The van der Waals surface area contributed by atoms with Crippen molar-refractivity contribution in [3.8, 4) is 0 Å². The lowest BCUT2D eigenvalue weighted by Crippen LogP contribution is -2.18. The highest BCUT2D eigenvalue weighted by Crippen LogP contribution is 2.42. The Kier molecular flexibility index (Phi) is 4.27. The molecule has 1 nitrogen and oxygen atoms in total. The lowest BCUT2D eigenvalue weighted by molar-refractivity contribution is 0.0664. The SMILES string of the molecule is Cc1cc(C(Br)C2CCOCC2)sc1Br. The summed E-state index contributed by atoms with van der Waals surface area (Å²) in [7, 11) is 0. The zero-order valence-electron chi connectivity index (χ0n) is 8.63. The van der Waals surface area contributed by atoms with Crippen LogP contribution in [0.3, 0.4) is 0 Å². The van der Waals surface area contributed by atoms with Crippen molar-refractivity contribution in [3.63, 3.8) is 0 Å². The van der Waals surface area contributed by atoms with Crippen LogP contribution in [0.4, 0.5) is 0 Å². The van der Waals surface area contributed by atoms with E-state index in [1.165, 1.54) is 27.1 Å². The molecule has 0 saturated carbocycles. The van der Waals surface area contributed by atoms with E-state index in [0.29, 0.717) is 4.83 Å². The van der Waals surface area contributed by atoms with Gasteiger partial charge in [0.15, 0.2) is 0 Å². The van der Waals surface area contributed by atoms with E-state index >= 15 is 0 Å². The Morgan fingerprint density at radius 2 is 2.13 bits per heavy atom. The summed E-state index contributed by atoms with van der Waals surface area (Å²) in [5.74, 6) is 0.726. The largest absolute Gasteiger partial charge is 0.381 e. The molecule has 1 aromatic rings. The van der Waals surface area contributed by atoms with E-state index in [4.69, 9.17) is 4.74 Å². The summed E-state index contributed by atoms with van der Waals surface area (Å²) in [5, 5.41) is 0. The molecule has 0 aromatic carbocycles. The van der Waals surface area contributed by atoms with Gasteiger partial charge >= 0.3 is 0 Å². The summed E-state index contributed by atoms with van der Waals surface area (Å²) < 4.78 is 6.65. The van der Waals surface area contributed by atoms with Gasteiger partial charge in [0.2, 0.25) is 0 Å². The van der Waals surface area contributed by atoms with E-state index in [1.54, 1.807) is 0 Å². The van der Waals surface area contributed by atoms with Crippen LogP contribution in [0.1, 0.15) is 28.1 Å².